The quantitative estimate of drug-likeness (QED) is 0.514. The van der Waals surface area contributed by atoms with Gasteiger partial charge in [0.1, 0.15) is 10.7 Å². The SMILES string of the molecule is Cn1cc(C2CN(C(=O)c3csc(-c4ccccc4)n3)Cc3ccccc32)cn1. The lowest BCUT2D eigenvalue weighted by molar-refractivity contribution is 0.0720. The van der Waals surface area contributed by atoms with Crippen LogP contribution in [0.1, 0.15) is 33.1 Å². The van der Waals surface area contributed by atoms with E-state index >= 15 is 0 Å². The Morgan fingerprint density at radius 2 is 1.90 bits per heavy atom. The highest BCUT2D eigenvalue weighted by Crippen LogP contribution is 2.34. The molecule has 1 aliphatic rings. The number of aryl methyl sites for hydroxylation is 1. The summed E-state index contributed by atoms with van der Waals surface area (Å²) in [6, 6.07) is 18.3. The molecule has 2 aromatic heterocycles. The van der Waals surface area contributed by atoms with Crippen LogP contribution in [0.15, 0.2) is 72.4 Å². The first kappa shape index (κ1) is 17.8. The molecule has 1 atom stereocenters. The first-order chi connectivity index (χ1) is 14.2. The maximum atomic E-state index is 13.3. The second-order valence-corrected chi connectivity index (χ2v) is 8.15. The van der Waals surface area contributed by atoms with Gasteiger partial charge >= 0.3 is 0 Å². The topological polar surface area (TPSA) is 51.0 Å². The Labute approximate surface area is 173 Å². The number of hydrogen-bond acceptors (Lipinski definition) is 4. The van der Waals surface area contributed by atoms with E-state index in [1.54, 1.807) is 0 Å². The maximum absolute atomic E-state index is 13.3. The summed E-state index contributed by atoms with van der Waals surface area (Å²) < 4.78 is 1.81. The Morgan fingerprint density at radius 1 is 1.10 bits per heavy atom. The molecule has 5 rings (SSSR count). The summed E-state index contributed by atoms with van der Waals surface area (Å²) in [6.45, 7) is 1.23. The van der Waals surface area contributed by atoms with Gasteiger partial charge in [-0.1, -0.05) is 54.6 Å². The fraction of sp³-hybridized carbons (Fsp3) is 0.174. The zero-order valence-corrected chi connectivity index (χ0v) is 16.8. The van der Waals surface area contributed by atoms with Crippen molar-refractivity contribution in [1.82, 2.24) is 19.7 Å². The minimum Gasteiger partial charge on any atom is -0.332 e. The van der Waals surface area contributed by atoms with E-state index in [9.17, 15) is 4.79 Å². The van der Waals surface area contributed by atoms with Crippen molar-refractivity contribution in [2.24, 2.45) is 7.05 Å². The van der Waals surface area contributed by atoms with Gasteiger partial charge in [0.15, 0.2) is 0 Å². The molecule has 0 aliphatic carbocycles. The fourth-order valence-electron chi connectivity index (χ4n) is 3.91. The van der Waals surface area contributed by atoms with E-state index in [2.05, 4.69) is 28.3 Å². The van der Waals surface area contributed by atoms with Crippen molar-refractivity contribution in [2.75, 3.05) is 6.54 Å². The first-order valence-corrected chi connectivity index (χ1v) is 10.4. The molecule has 4 aromatic rings. The largest absolute Gasteiger partial charge is 0.332 e. The maximum Gasteiger partial charge on any atom is 0.273 e. The second kappa shape index (κ2) is 7.29. The minimum atomic E-state index is -0.0215. The standard InChI is InChI=1S/C23H20N4OS/c1-26-12-18(11-24-26)20-14-27(13-17-9-5-6-10-19(17)20)23(28)21-15-29-22(25-21)16-7-3-2-4-8-16/h2-12,15,20H,13-14H2,1H3. The molecule has 0 bridgehead atoms. The number of hydrogen-bond donors (Lipinski definition) is 0. The number of fused-ring (bicyclic) bond motifs is 1. The molecule has 5 nitrogen and oxygen atoms in total. The first-order valence-electron chi connectivity index (χ1n) is 9.55. The summed E-state index contributed by atoms with van der Waals surface area (Å²) in [5.74, 6) is 0.0941. The molecule has 29 heavy (non-hydrogen) atoms. The van der Waals surface area contributed by atoms with Crippen LogP contribution < -0.4 is 0 Å². The van der Waals surface area contributed by atoms with Crippen LogP contribution in [-0.4, -0.2) is 32.1 Å². The van der Waals surface area contributed by atoms with E-state index in [1.807, 2.05) is 70.8 Å². The van der Waals surface area contributed by atoms with Gasteiger partial charge in [0.25, 0.3) is 5.91 Å². The van der Waals surface area contributed by atoms with Crippen LogP contribution in [0, 0.1) is 0 Å². The van der Waals surface area contributed by atoms with Crippen LogP contribution in [0.3, 0.4) is 0 Å². The van der Waals surface area contributed by atoms with Crippen molar-refractivity contribution in [1.29, 1.82) is 0 Å². The number of carbonyl (C=O) groups excluding carboxylic acids is 1. The highest BCUT2D eigenvalue weighted by Gasteiger charge is 2.31. The van der Waals surface area contributed by atoms with Crippen LogP contribution in [0.2, 0.25) is 0 Å². The van der Waals surface area contributed by atoms with E-state index in [4.69, 9.17) is 0 Å². The number of rotatable bonds is 3. The second-order valence-electron chi connectivity index (χ2n) is 7.29. The number of amides is 1. The Hall–Kier alpha value is -3.25. The molecular formula is C23H20N4OS. The normalized spacial score (nSPS) is 15.9. The van der Waals surface area contributed by atoms with Gasteiger partial charge in [0.05, 0.1) is 6.20 Å². The van der Waals surface area contributed by atoms with E-state index in [0.29, 0.717) is 18.8 Å². The summed E-state index contributed by atoms with van der Waals surface area (Å²) in [7, 11) is 1.92. The number of carbonyl (C=O) groups is 1. The van der Waals surface area contributed by atoms with Crippen LogP contribution in [0.4, 0.5) is 0 Å². The number of nitrogens with zero attached hydrogens (tertiary/aromatic N) is 4. The lowest BCUT2D eigenvalue weighted by atomic mass is 9.86. The van der Waals surface area contributed by atoms with Gasteiger partial charge in [-0.2, -0.15) is 5.10 Å². The molecule has 0 fully saturated rings. The molecule has 0 radical (unpaired) electrons. The molecule has 1 amide bonds. The summed E-state index contributed by atoms with van der Waals surface area (Å²) in [5, 5.41) is 7.07. The Morgan fingerprint density at radius 3 is 2.69 bits per heavy atom. The molecule has 1 unspecified atom stereocenters. The molecule has 6 heteroatoms. The zero-order valence-electron chi connectivity index (χ0n) is 16.0. The summed E-state index contributed by atoms with van der Waals surface area (Å²) in [4.78, 5) is 19.8. The van der Waals surface area contributed by atoms with Crippen molar-refractivity contribution in [2.45, 2.75) is 12.5 Å². The number of aromatic nitrogens is 3. The lowest BCUT2D eigenvalue weighted by Crippen LogP contribution is -2.38. The highest BCUT2D eigenvalue weighted by molar-refractivity contribution is 7.13. The van der Waals surface area contributed by atoms with E-state index in [0.717, 1.165) is 16.1 Å². The zero-order chi connectivity index (χ0) is 19.8. The van der Waals surface area contributed by atoms with Gasteiger partial charge < -0.3 is 4.90 Å². The molecule has 2 aromatic carbocycles. The van der Waals surface area contributed by atoms with E-state index in [-0.39, 0.29) is 11.8 Å². The Kier molecular flexibility index (Phi) is 4.48. The number of benzene rings is 2. The Bertz CT molecular complexity index is 1160. The van der Waals surface area contributed by atoms with Crippen molar-refractivity contribution in [3.8, 4) is 10.6 Å². The lowest BCUT2D eigenvalue weighted by Gasteiger charge is -2.34. The monoisotopic (exact) mass is 400 g/mol. The van der Waals surface area contributed by atoms with Gasteiger partial charge in [-0.3, -0.25) is 9.48 Å². The molecular weight excluding hydrogens is 380 g/mol. The van der Waals surface area contributed by atoms with Gasteiger partial charge in [0.2, 0.25) is 0 Å². The van der Waals surface area contributed by atoms with Crippen molar-refractivity contribution < 1.29 is 4.79 Å². The highest BCUT2D eigenvalue weighted by atomic mass is 32.1. The van der Waals surface area contributed by atoms with Crippen LogP contribution in [0.25, 0.3) is 10.6 Å². The average Bonchev–Trinajstić information content (AvgIpc) is 3.42. The molecule has 0 spiro atoms. The third-order valence-corrected chi connectivity index (χ3v) is 6.24. The predicted molar refractivity (Wildman–Crippen MR) is 114 cm³/mol. The third-order valence-electron chi connectivity index (χ3n) is 5.35. The molecule has 0 saturated heterocycles. The van der Waals surface area contributed by atoms with Crippen LogP contribution in [-0.2, 0) is 13.6 Å². The smallest absolute Gasteiger partial charge is 0.273 e. The molecule has 0 saturated carbocycles. The summed E-state index contributed by atoms with van der Waals surface area (Å²) in [5.41, 5.74) is 5.12. The summed E-state index contributed by atoms with van der Waals surface area (Å²) in [6.07, 6.45) is 3.93. The fourth-order valence-corrected chi connectivity index (χ4v) is 4.71. The Balaban J connectivity index is 1.46. The van der Waals surface area contributed by atoms with Gasteiger partial charge in [-0.25, -0.2) is 4.98 Å². The van der Waals surface area contributed by atoms with Gasteiger partial charge in [-0.15, -0.1) is 11.3 Å². The van der Waals surface area contributed by atoms with Crippen LogP contribution in [0.5, 0.6) is 0 Å². The van der Waals surface area contributed by atoms with Crippen molar-refractivity contribution in [3.63, 3.8) is 0 Å². The van der Waals surface area contributed by atoms with Crippen molar-refractivity contribution >= 4 is 17.2 Å². The molecule has 3 heterocycles. The molecule has 0 N–H and O–H groups in total. The summed E-state index contributed by atoms with van der Waals surface area (Å²) >= 11 is 1.51. The van der Waals surface area contributed by atoms with Crippen molar-refractivity contribution in [3.05, 3.63) is 94.8 Å². The number of thiazole rings is 1. The predicted octanol–water partition coefficient (Wildman–Crippen LogP) is 4.33. The van der Waals surface area contributed by atoms with E-state index in [1.165, 1.54) is 22.5 Å². The molecule has 1 aliphatic heterocycles. The van der Waals surface area contributed by atoms with Crippen LogP contribution >= 0.6 is 11.3 Å². The van der Waals surface area contributed by atoms with E-state index < -0.39 is 0 Å². The third kappa shape index (κ3) is 3.36. The minimum absolute atomic E-state index is 0.0215. The van der Waals surface area contributed by atoms with Gasteiger partial charge in [-0.05, 0) is 16.7 Å². The average molecular weight is 401 g/mol. The molecule has 144 valence electrons. The van der Waals surface area contributed by atoms with Gasteiger partial charge in [0, 0.05) is 43.2 Å².